The quantitative estimate of drug-likeness (QED) is 0.919. The number of aryl methyl sites for hydroxylation is 2. The van der Waals surface area contributed by atoms with Gasteiger partial charge in [-0.15, -0.1) is 0 Å². The van der Waals surface area contributed by atoms with Crippen LogP contribution >= 0.6 is 0 Å². The molecule has 23 heavy (non-hydrogen) atoms. The van der Waals surface area contributed by atoms with E-state index in [1.54, 1.807) is 12.3 Å². The standard InChI is InChI=1S/C16H20N6O/c1-11-8-15(20-12(2)19-11)22-7-3-4-13(9-22)21-16(23)14-5-6-17-10-18-14/h5-6,8,10,13H,3-4,7,9H2,1-2H3,(H,21,23). The van der Waals surface area contributed by atoms with E-state index in [2.05, 4.69) is 30.2 Å². The topological polar surface area (TPSA) is 83.9 Å². The van der Waals surface area contributed by atoms with Crippen LogP contribution in [0.2, 0.25) is 0 Å². The first-order chi connectivity index (χ1) is 11.1. The fraction of sp³-hybridized carbons (Fsp3) is 0.438. The Kier molecular flexibility index (Phi) is 4.45. The van der Waals surface area contributed by atoms with Crippen LogP contribution in [0.1, 0.15) is 34.8 Å². The number of nitrogens with one attached hydrogen (secondary N) is 1. The molecule has 1 N–H and O–H groups in total. The lowest BCUT2D eigenvalue weighted by atomic mass is 10.1. The van der Waals surface area contributed by atoms with Gasteiger partial charge in [-0.2, -0.15) is 0 Å². The molecule has 0 aliphatic carbocycles. The third kappa shape index (κ3) is 3.80. The van der Waals surface area contributed by atoms with E-state index in [9.17, 15) is 4.79 Å². The molecule has 1 aliphatic heterocycles. The summed E-state index contributed by atoms with van der Waals surface area (Å²) in [5, 5.41) is 3.05. The summed E-state index contributed by atoms with van der Waals surface area (Å²) in [5.74, 6) is 1.54. The predicted molar refractivity (Wildman–Crippen MR) is 86.2 cm³/mol. The van der Waals surface area contributed by atoms with Gasteiger partial charge in [0.15, 0.2) is 0 Å². The Morgan fingerprint density at radius 2 is 2.22 bits per heavy atom. The lowest BCUT2D eigenvalue weighted by Crippen LogP contribution is -2.48. The molecular weight excluding hydrogens is 292 g/mol. The van der Waals surface area contributed by atoms with Crippen molar-refractivity contribution in [3.05, 3.63) is 41.9 Å². The van der Waals surface area contributed by atoms with Crippen molar-refractivity contribution in [3.63, 3.8) is 0 Å². The molecule has 1 aliphatic rings. The molecule has 1 atom stereocenters. The van der Waals surface area contributed by atoms with Crippen molar-refractivity contribution >= 4 is 11.7 Å². The Morgan fingerprint density at radius 3 is 2.96 bits per heavy atom. The maximum absolute atomic E-state index is 12.2. The second kappa shape index (κ2) is 6.68. The van der Waals surface area contributed by atoms with E-state index in [1.165, 1.54) is 6.33 Å². The molecule has 1 saturated heterocycles. The van der Waals surface area contributed by atoms with Crippen LogP contribution in [0.5, 0.6) is 0 Å². The normalized spacial score (nSPS) is 17.8. The van der Waals surface area contributed by atoms with Gasteiger partial charge in [-0.3, -0.25) is 4.79 Å². The molecule has 7 nitrogen and oxygen atoms in total. The molecule has 1 unspecified atom stereocenters. The maximum atomic E-state index is 12.2. The first kappa shape index (κ1) is 15.3. The molecule has 1 amide bonds. The smallest absolute Gasteiger partial charge is 0.270 e. The lowest BCUT2D eigenvalue weighted by Gasteiger charge is -2.34. The van der Waals surface area contributed by atoms with Crippen LogP contribution in [0.25, 0.3) is 0 Å². The molecule has 0 aromatic carbocycles. The third-order valence-electron chi connectivity index (χ3n) is 3.85. The van der Waals surface area contributed by atoms with Crippen molar-refractivity contribution in [2.45, 2.75) is 32.7 Å². The van der Waals surface area contributed by atoms with Crippen molar-refractivity contribution in [2.24, 2.45) is 0 Å². The molecule has 0 bridgehead atoms. The molecule has 0 saturated carbocycles. The summed E-state index contributed by atoms with van der Waals surface area (Å²) in [7, 11) is 0. The number of hydrogen-bond acceptors (Lipinski definition) is 6. The Balaban J connectivity index is 1.67. The molecule has 7 heteroatoms. The summed E-state index contributed by atoms with van der Waals surface area (Å²) in [5.41, 5.74) is 1.35. The van der Waals surface area contributed by atoms with Crippen LogP contribution in [0.3, 0.4) is 0 Å². The van der Waals surface area contributed by atoms with Crippen molar-refractivity contribution in [1.82, 2.24) is 25.3 Å². The number of anilines is 1. The third-order valence-corrected chi connectivity index (χ3v) is 3.85. The molecule has 120 valence electrons. The second-order valence-corrected chi connectivity index (χ2v) is 5.77. The van der Waals surface area contributed by atoms with Crippen molar-refractivity contribution < 1.29 is 4.79 Å². The van der Waals surface area contributed by atoms with Crippen LogP contribution in [0.15, 0.2) is 24.7 Å². The number of carbonyl (C=O) groups excluding carboxylic acids is 1. The number of hydrogen-bond donors (Lipinski definition) is 1. The van der Waals surface area contributed by atoms with Crippen LogP contribution in [-0.4, -0.2) is 45.0 Å². The number of carbonyl (C=O) groups is 1. The number of amides is 1. The minimum absolute atomic E-state index is 0.0850. The average Bonchev–Trinajstić information content (AvgIpc) is 2.55. The van der Waals surface area contributed by atoms with E-state index in [4.69, 9.17) is 0 Å². The highest BCUT2D eigenvalue weighted by Crippen LogP contribution is 2.19. The number of piperidine rings is 1. The van der Waals surface area contributed by atoms with Gasteiger partial charge in [0.25, 0.3) is 5.91 Å². The summed E-state index contributed by atoms with van der Waals surface area (Å²) < 4.78 is 0. The summed E-state index contributed by atoms with van der Waals surface area (Å²) >= 11 is 0. The van der Waals surface area contributed by atoms with Crippen molar-refractivity contribution in [3.8, 4) is 0 Å². The summed E-state index contributed by atoms with van der Waals surface area (Å²) in [6.07, 6.45) is 4.92. The zero-order valence-corrected chi connectivity index (χ0v) is 13.4. The largest absolute Gasteiger partial charge is 0.354 e. The van der Waals surface area contributed by atoms with Crippen LogP contribution in [0, 0.1) is 13.8 Å². The Hall–Kier alpha value is -2.57. The summed E-state index contributed by atoms with van der Waals surface area (Å²) in [4.78, 5) is 31.1. The Bertz CT molecular complexity index is 670. The van der Waals surface area contributed by atoms with E-state index < -0.39 is 0 Å². The first-order valence-electron chi connectivity index (χ1n) is 7.76. The zero-order valence-electron chi connectivity index (χ0n) is 13.4. The number of aromatic nitrogens is 4. The van der Waals surface area contributed by atoms with Gasteiger partial charge in [-0.05, 0) is 32.8 Å². The van der Waals surface area contributed by atoms with Crippen LogP contribution in [0.4, 0.5) is 5.82 Å². The van der Waals surface area contributed by atoms with Gasteiger partial charge in [0.1, 0.15) is 23.7 Å². The molecule has 3 heterocycles. The van der Waals surface area contributed by atoms with Crippen LogP contribution in [-0.2, 0) is 0 Å². The van der Waals surface area contributed by atoms with Gasteiger partial charge in [0.2, 0.25) is 0 Å². The van der Waals surface area contributed by atoms with Gasteiger partial charge in [-0.25, -0.2) is 19.9 Å². The summed E-state index contributed by atoms with van der Waals surface area (Å²) in [6.45, 7) is 5.55. The average molecular weight is 312 g/mol. The molecule has 0 spiro atoms. The van der Waals surface area contributed by atoms with E-state index in [0.717, 1.165) is 43.3 Å². The highest BCUT2D eigenvalue weighted by molar-refractivity contribution is 5.92. The number of nitrogens with zero attached hydrogens (tertiary/aromatic N) is 5. The monoisotopic (exact) mass is 312 g/mol. The van der Waals surface area contributed by atoms with Crippen molar-refractivity contribution in [2.75, 3.05) is 18.0 Å². The minimum Gasteiger partial charge on any atom is -0.354 e. The summed E-state index contributed by atoms with van der Waals surface area (Å²) in [6, 6.07) is 3.69. The highest BCUT2D eigenvalue weighted by atomic mass is 16.1. The van der Waals surface area contributed by atoms with Gasteiger partial charge in [0.05, 0.1) is 0 Å². The molecule has 2 aromatic rings. The van der Waals surface area contributed by atoms with Crippen LogP contribution < -0.4 is 10.2 Å². The predicted octanol–water partition coefficient (Wildman–Crippen LogP) is 1.28. The van der Waals surface area contributed by atoms with Crippen molar-refractivity contribution in [1.29, 1.82) is 0 Å². The van der Waals surface area contributed by atoms with Gasteiger partial charge < -0.3 is 10.2 Å². The second-order valence-electron chi connectivity index (χ2n) is 5.77. The van der Waals surface area contributed by atoms with E-state index in [0.29, 0.717) is 5.69 Å². The molecule has 0 radical (unpaired) electrons. The Morgan fingerprint density at radius 1 is 1.35 bits per heavy atom. The highest BCUT2D eigenvalue weighted by Gasteiger charge is 2.23. The first-order valence-corrected chi connectivity index (χ1v) is 7.76. The fourth-order valence-corrected chi connectivity index (χ4v) is 2.85. The maximum Gasteiger partial charge on any atom is 0.270 e. The Labute approximate surface area is 135 Å². The fourth-order valence-electron chi connectivity index (χ4n) is 2.85. The van der Waals surface area contributed by atoms with E-state index >= 15 is 0 Å². The van der Waals surface area contributed by atoms with Gasteiger partial charge >= 0.3 is 0 Å². The molecule has 2 aromatic heterocycles. The van der Waals surface area contributed by atoms with E-state index in [-0.39, 0.29) is 11.9 Å². The van der Waals surface area contributed by atoms with E-state index in [1.807, 2.05) is 19.9 Å². The minimum atomic E-state index is -0.158. The molecule has 1 fully saturated rings. The molecule has 3 rings (SSSR count). The lowest BCUT2D eigenvalue weighted by molar-refractivity contribution is 0.0928. The zero-order chi connectivity index (χ0) is 16.2. The van der Waals surface area contributed by atoms with Gasteiger partial charge in [-0.1, -0.05) is 0 Å². The molecular formula is C16H20N6O. The van der Waals surface area contributed by atoms with Gasteiger partial charge in [0, 0.05) is 37.1 Å². The SMILES string of the molecule is Cc1cc(N2CCCC(NC(=O)c3ccncn3)C2)nc(C)n1. The number of rotatable bonds is 3.